The molecule has 1 aliphatic rings. The van der Waals surface area contributed by atoms with E-state index in [1.165, 1.54) is 25.7 Å². The standard InChI is InChI=1S/C14H25NO/c1-3-5-6-7-10-15-13-9-11-16-14(12-13)8-4-2/h1,13-15H,4-12H2,2H3. The molecule has 2 unspecified atom stereocenters. The number of nitrogens with one attached hydrogen (secondary N) is 1. The molecule has 0 saturated carbocycles. The minimum Gasteiger partial charge on any atom is -0.378 e. The highest BCUT2D eigenvalue weighted by Gasteiger charge is 2.20. The van der Waals surface area contributed by atoms with Crippen molar-refractivity contribution >= 4 is 0 Å². The van der Waals surface area contributed by atoms with E-state index in [4.69, 9.17) is 11.2 Å². The molecule has 0 amide bonds. The van der Waals surface area contributed by atoms with E-state index in [0.717, 1.165) is 32.4 Å². The Hall–Kier alpha value is -0.520. The van der Waals surface area contributed by atoms with Gasteiger partial charge in [-0.2, -0.15) is 0 Å². The first kappa shape index (κ1) is 13.5. The number of ether oxygens (including phenoxy) is 1. The van der Waals surface area contributed by atoms with Gasteiger partial charge in [0.1, 0.15) is 0 Å². The van der Waals surface area contributed by atoms with E-state index >= 15 is 0 Å². The molecule has 16 heavy (non-hydrogen) atoms. The maximum absolute atomic E-state index is 5.73. The summed E-state index contributed by atoms with van der Waals surface area (Å²) in [6.07, 6.45) is 13.7. The molecular formula is C14H25NO. The highest BCUT2D eigenvalue weighted by atomic mass is 16.5. The van der Waals surface area contributed by atoms with Gasteiger partial charge in [0.2, 0.25) is 0 Å². The summed E-state index contributed by atoms with van der Waals surface area (Å²) >= 11 is 0. The van der Waals surface area contributed by atoms with Crippen molar-refractivity contribution in [2.45, 2.75) is 64.0 Å². The molecule has 2 atom stereocenters. The maximum atomic E-state index is 5.73. The van der Waals surface area contributed by atoms with Crippen LogP contribution in [-0.4, -0.2) is 25.3 Å². The van der Waals surface area contributed by atoms with Crippen LogP contribution in [0.5, 0.6) is 0 Å². The molecule has 0 bridgehead atoms. The summed E-state index contributed by atoms with van der Waals surface area (Å²) in [5.41, 5.74) is 0. The fourth-order valence-electron chi connectivity index (χ4n) is 2.25. The molecule has 2 heteroatoms. The second-order valence-electron chi connectivity index (χ2n) is 4.62. The third kappa shape index (κ3) is 5.53. The van der Waals surface area contributed by atoms with Crippen molar-refractivity contribution in [3.8, 4) is 12.3 Å². The Morgan fingerprint density at radius 1 is 1.44 bits per heavy atom. The monoisotopic (exact) mass is 223 g/mol. The Kier molecular flexibility index (Phi) is 7.29. The molecule has 0 radical (unpaired) electrons. The third-order valence-electron chi connectivity index (χ3n) is 3.16. The van der Waals surface area contributed by atoms with Crippen LogP contribution in [0.3, 0.4) is 0 Å². The number of hydrogen-bond donors (Lipinski definition) is 1. The molecule has 92 valence electrons. The van der Waals surface area contributed by atoms with Crippen molar-refractivity contribution in [1.29, 1.82) is 0 Å². The van der Waals surface area contributed by atoms with Gasteiger partial charge in [0, 0.05) is 19.1 Å². The minimum atomic E-state index is 0.488. The minimum absolute atomic E-state index is 0.488. The predicted molar refractivity (Wildman–Crippen MR) is 68.4 cm³/mol. The van der Waals surface area contributed by atoms with Gasteiger partial charge in [-0.1, -0.05) is 13.3 Å². The van der Waals surface area contributed by atoms with E-state index in [1.807, 2.05) is 0 Å². The molecule has 1 rings (SSSR count). The molecule has 0 aliphatic carbocycles. The van der Waals surface area contributed by atoms with Gasteiger partial charge < -0.3 is 10.1 Å². The quantitative estimate of drug-likeness (QED) is 0.529. The van der Waals surface area contributed by atoms with Gasteiger partial charge in [0.25, 0.3) is 0 Å². The van der Waals surface area contributed by atoms with Gasteiger partial charge in [-0.05, 0) is 38.6 Å². The first-order valence-corrected chi connectivity index (χ1v) is 6.65. The van der Waals surface area contributed by atoms with Crippen LogP contribution < -0.4 is 5.32 Å². The lowest BCUT2D eigenvalue weighted by atomic mass is 10.00. The van der Waals surface area contributed by atoms with Crippen molar-refractivity contribution < 1.29 is 4.74 Å². The van der Waals surface area contributed by atoms with E-state index in [9.17, 15) is 0 Å². The van der Waals surface area contributed by atoms with Crippen molar-refractivity contribution in [2.24, 2.45) is 0 Å². The van der Waals surface area contributed by atoms with E-state index < -0.39 is 0 Å². The topological polar surface area (TPSA) is 21.3 Å². The lowest BCUT2D eigenvalue weighted by molar-refractivity contribution is -0.00310. The van der Waals surface area contributed by atoms with E-state index in [1.54, 1.807) is 0 Å². The summed E-state index contributed by atoms with van der Waals surface area (Å²) < 4.78 is 5.73. The zero-order chi connectivity index (χ0) is 11.6. The van der Waals surface area contributed by atoms with Crippen LogP contribution >= 0.6 is 0 Å². The van der Waals surface area contributed by atoms with Crippen LogP contribution in [0.1, 0.15) is 51.9 Å². The van der Waals surface area contributed by atoms with Crippen LogP contribution in [0.25, 0.3) is 0 Å². The molecule has 0 spiro atoms. The fraction of sp³-hybridized carbons (Fsp3) is 0.857. The smallest absolute Gasteiger partial charge is 0.0589 e. The summed E-state index contributed by atoms with van der Waals surface area (Å²) in [6.45, 7) is 4.25. The second-order valence-corrected chi connectivity index (χ2v) is 4.62. The maximum Gasteiger partial charge on any atom is 0.0589 e. The van der Waals surface area contributed by atoms with Crippen LogP contribution in [0.2, 0.25) is 0 Å². The summed E-state index contributed by atoms with van der Waals surface area (Å²) in [4.78, 5) is 0. The first-order valence-electron chi connectivity index (χ1n) is 6.65. The highest BCUT2D eigenvalue weighted by Crippen LogP contribution is 2.17. The van der Waals surface area contributed by atoms with Crippen molar-refractivity contribution in [2.75, 3.05) is 13.2 Å². The lowest BCUT2D eigenvalue weighted by Crippen LogP contribution is -2.39. The largest absolute Gasteiger partial charge is 0.378 e. The van der Waals surface area contributed by atoms with Crippen molar-refractivity contribution in [3.05, 3.63) is 0 Å². The molecule has 0 aromatic heterocycles. The van der Waals surface area contributed by atoms with E-state index in [-0.39, 0.29) is 0 Å². The summed E-state index contributed by atoms with van der Waals surface area (Å²) in [5, 5.41) is 3.62. The Labute approximate surface area is 100 Å². The van der Waals surface area contributed by atoms with E-state index in [0.29, 0.717) is 12.1 Å². The Bertz CT molecular complexity index is 207. The zero-order valence-electron chi connectivity index (χ0n) is 10.5. The Morgan fingerprint density at radius 3 is 3.06 bits per heavy atom. The molecular weight excluding hydrogens is 198 g/mol. The molecule has 1 fully saturated rings. The molecule has 1 heterocycles. The Morgan fingerprint density at radius 2 is 2.31 bits per heavy atom. The fourth-order valence-corrected chi connectivity index (χ4v) is 2.25. The van der Waals surface area contributed by atoms with Crippen LogP contribution in [0, 0.1) is 12.3 Å². The van der Waals surface area contributed by atoms with Crippen LogP contribution in [-0.2, 0) is 4.74 Å². The van der Waals surface area contributed by atoms with Gasteiger partial charge in [0.05, 0.1) is 6.10 Å². The van der Waals surface area contributed by atoms with Gasteiger partial charge in [0.15, 0.2) is 0 Å². The highest BCUT2D eigenvalue weighted by molar-refractivity contribution is 4.83. The van der Waals surface area contributed by atoms with Crippen LogP contribution in [0.15, 0.2) is 0 Å². The Balaban J connectivity index is 2.05. The normalized spacial score (nSPS) is 25.2. The molecule has 1 aliphatic heterocycles. The molecule has 0 aromatic rings. The number of unbranched alkanes of at least 4 members (excludes halogenated alkanes) is 2. The van der Waals surface area contributed by atoms with Crippen molar-refractivity contribution in [3.63, 3.8) is 0 Å². The summed E-state index contributed by atoms with van der Waals surface area (Å²) in [6, 6.07) is 0.663. The van der Waals surface area contributed by atoms with E-state index in [2.05, 4.69) is 18.2 Å². The van der Waals surface area contributed by atoms with Crippen LogP contribution in [0.4, 0.5) is 0 Å². The second kappa shape index (κ2) is 8.61. The van der Waals surface area contributed by atoms with Gasteiger partial charge in [-0.15, -0.1) is 12.3 Å². The molecule has 2 nitrogen and oxygen atoms in total. The van der Waals surface area contributed by atoms with Crippen molar-refractivity contribution in [1.82, 2.24) is 5.32 Å². The molecule has 0 aromatic carbocycles. The van der Waals surface area contributed by atoms with Gasteiger partial charge >= 0.3 is 0 Å². The van der Waals surface area contributed by atoms with Gasteiger partial charge in [-0.3, -0.25) is 0 Å². The average molecular weight is 223 g/mol. The lowest BCUT2D eigenvalue weighted by Gasteiger charge is -2.30. The number of hydrogen-bond acceptors (Lipinski definition) is 2. The first-order chi connectivity index (χ1) is 7.86. The number of terminal acetylenes is 1. The number of rotatable bonds is 7. The third-order valence-corrected chi connectivity index (χ3v) is 3.16. The molecule has 1 saturated heterocycles. The SMILES string of the molecule is C#CCCCCNC1CCOC(CCC)C1. The average Bonchev–Trinajstić information content (AvgIpc) is 2.30. The predicted octanol–water partition coefficient (Wildman–Crippen LogP) is 2.73. The molecule has 1 N–H and O–H groups in total. The zero-order valence-corrected chi connectivity index (χ0v) is 10.5. The van der Waals surface area contributed by atoms with Gasteiger partial charge in [-0.25, -0.2) is 0 Å². The summed E-state index contributed by atoms with van der Waals surface area (Å²) in [7, 11) is 0. The summed E-state index contributed by atoms with van der Waals surface area (Å²) in [5.74, 6) is 2.68.